The Bertz CT molecular complexity index is 1170. The van der Waals surface area contributed by atoms with Crippen LogP contribution >= 0.6 is 11.6 Å². The fourth-order valence-electron chi connectivity index (χ4n) is 5.08. The molecule has 6 nitrogen and oxygen atoms in total. The summed E-state index contributed by atoms with van der Waals surface area (Å²) in [6.45, 7) is 5.24. The third kappa shape index (κ3) is 3.57. The average molecular weight is 453 g/mol. The molecule has 2 aliphatic heterocycles. The van der Waals surface area contributed by atoms with E-state index >= 15 is 0 Å². The van der Waals surface area contributed by atoms with Gasteiger partial charge >= 0.3 is 0 Å². The molecule has 1 saturated heterocycles. The number of aromatic nitrogens is 4. The van der Waals surface area contributed by atoms with Crippen LogP contribution in [-0.4, -0.2) is 43.8 Å². The number of hydrogen-bond donors (Lipinski definition) is 0. The minimum Gasteiger partial charge on any atom is -0.357 e. The van der Waals surface area contributed by atoms with E-state index in [2.05, 4.69) is 36.6 Å². The minimum absolute atomic E-state index is 0.256. The van der Waals surface area contributed by atoms with Crippen molar-refractivity contribution >= 4 is 17.4 Å². The number of aryl methyl sites for hydroxylation is 1. The van der Waals surface area contributed by atoms with Gasteiger partial charge < -0.3 is 4.90 Å². The fourth-order valence-corrected chi connectivity index (χ4v) is 5.27. The first-order chi connectivity index (χ1) is 15.6. The molecule has 1 aromatic carbocycles. The summed E-state index contributed by atoms with van der Waals surface area (Å²) in [7, 11) is 0. The predicted molar refractivity (Wildman–Crippen MR) is 122 cm³/mol. The van der Waals surface area contributed by atoms with E-state index in [-0.39, 0.29) is 5.82 Å². The molecule has 8 heteroatoms. The lowest BCUT2D eigenvalue weighted by Crippen LogP contribution is -2.34. The van der Waals surface area contributed by atoms with Crippen LogP contribution in [0.2, 0.25) is 5.02 Å². The van der Waals surface area contributed by atoms with Crippen molar-refractivity contribution in [1.29, 1.82) is 0 Å². The molecule has 2 fully saturated rings. The largest absolute Gasteiger partial charge is 0.357 e. The van der Waals surface area contributed by atoms with Crippen molar-refractivity contribution in [2.75, 3.05) is 18.0 Å². The number of nitrogens with zero attached hydrogens (tertiary/aromatic N) is 6. The molecule has 1 saturated carbocycles. The van der Waals surface area contributed by atoms with E-state index in [1.54, 1.807) is 6.92 Å². The number of pyridine rings is 1. The molecule has 6 rings (SSSR count). The minimum atomic E-state index is -0.256. The predicted octanol–water partition coefficient (Wildman–Crippen LogP) is 4.63. The van der Waals surface area contributed by atoms with Gasteiger partial charge in [0.25, 0.3) is 0 Å². The molecular formula is C24H26ClFN6. The number of piperidine rings is 1. The van der Waals surface area contributed by atoms with Crippen molar-refractivity contribution in [2.45, 2.75) is 57.7 Å². The Morgan fingerprint density at radius 2 is 1.84 bits per heavy atom. The van der Waals surface area contributed by atoms with Crippen molar-refractivity contribution in [3.63, 3.8) is 0 Å². The standard InChI is InChI=1S/C24H26ClFN6/c1-15-10-22(27-12-20(15)26)30-8-6-16(7-9-30)24-29-28-23-14-31(19-3-4-19)13-17-11-18(25)2-5-21(17)32(23)24/h2,5,10-12,16,19H,3-4,6-9,13-14H2,1H3. The van der Waals surface area contributed by atoms with Gasteiger partial charge in [0.2, 0.25) is 0 Å². The van der Waals surface area contributed by atoms with E-state index in [1.165, 1.54) is 24.6 Å². The summed E-state index contributed by atoms with van der Waals surface area (Å²) in [5, 5.41) is 10.1. The molecule has 32 heavy (non-hydrogen) atoms. The van der Waals surface area contributed by atoms with Gasteiger partial charge in [0.15, 0.2) is 5.82 Å². The number of hydrogen-bond acceptors (Lipinski definition) is 5. The molecule has 0 amide bonds. The van der Waals surface area contributed by atoms with Crippen LogP contribution in [0.4, 0.5) is 10.2 Å². The zero-order valence-electron chi connectivity index (χ0n) is 18.1. The van der Waals surface area contributed by atoms with Crippen LogP contribution in [0.25, 0.3) is 5.69 Å². The maximum absolute atomic E-state index is 13.6. The van der Waals surface area contributed by atoms with Gasteiger partial charge in [-0.3, -0.25) is 9.47 Å². The van der Waals surface area contributed by atoms with Gasteiger partial charge in [-0.25, -0.2) is 9.37 Å². The molecule has 1 aliphatic carbocycles. The molecule has 0 spiro atoms. The van der Waals surface area contributed by atoms with Gasteiger partial charge in [-0.05, 0) is 68.0 Å². The molecule has 0 unspecified atom stereocenters. The van der Waals surface area contributed by atoms with Crippen LogP contribution in [0, 0.1) is 12.7 Å². The molecule has 3 aliphatic rings. The average Bonchev–Trinajstić information content (AvgIpc) is 3.58. The van der Waals surface area contributed by atoms with Crippen LogP contribution in [0.3, 0.4) is 0 Å². The zero-order valence-corrected chi connectivity index (χ0v) is 18.9. The first-order valence-electron chi connectivity index (χ1n) is 11.4. The summed E-state index contributed by atoms with van der Waals surface area (Å²) in [6.07, 6.45) is 5.76. The highest BCUT2D eigenvalue weighted by molar-refractivity contribution is 6.30. The third-order valence-electron chi connectivity index (χ3n) is 7.04. The van der Waals surface area contributed by atoms with Gasteiger partial charge in [0, 0.05) is 36.6 Å². The Kier molecular flexibility index (Phi) is 4.91. The lowest BCUT2D eigenvalue weighted by Gasteiger charge is -2.32. The maximum atomic E-state index is 13.6. The van der Waals surface area contributed by atoms with Crippen molar-refractivity contribution in [2.24, 2.45) is 0 Å². The Morgan fingerprint density at radius 1 is 1.03 bits per heavy atom. The molecule has 3 aromatic rings. The topological polar surface area (TPSA) is 50.1 Å². The van der Waals surface area contributed by atoms with Gasteiger partial charge in [0.1, 0.15) is 17.5 Å². The smallest absolute Gasteiger partial charge is 0.151 e. The molecule has 0 atom stereocenters. The van der Waals surface area contributed by atoms with E-state index in [0.29, 0.717) is 17.5 Å². The summed E-state index contributed by atoms with van der Waals surface area (Å²) in [5.41, 5.74) is 3.04. The van der Waals surface area contributed by atoms with E-state index in [4.69, 9.17) is 16.7 Å². The zero-order chi connectivity index (χ0) is 21.8. The molecule has 2 aromatic heterocycles. The molecular weight excluding hydrogens is 427 g/mol. The number of halogens is 2. The molecule has 0 radical (unpaired) electrons. The van der Waals surface area contributed by atoms with E-state index < -0.39 is 0 Å². The van der Waals surface area contributed by atoms with Crippen LogP contribution in [0.15, 0.2) is 30.5 Å². The Labute approximate surface area is 192 Å². The second-order valence-corrected chi connectivity index (χ2v) is 9.71. The van der Waals surface area contributed by atoms with Crippen molar-refractivity contribution in [3.8, 4) is 5.69 Å². The molecule has 4 heterocycles. The summed E-state index contributed by atoms with van der Waals surface area (Å²) in [5.74, 6) is 2.98. The molecule has 0 bridgehead atoms. The third-order valence-corrected chi connectivity index (χ3v) is 7.27. The summed E-state index contributed by atoms with van der Waals surface area (Å²) in [6, 6.07) is 8.65. The number of fused-ring (bicyclic) bond motifs is 3. The Hall–Kier alpha value is -2.51. The first kappa shape index (κ1) is 20.1. The SMILES string of the molecule is Cc1cc(N2CCC(c3nnc4n3-c3ccc(Cl)cc3CN(C3CC3)C4)CC2)ncc1F. The number of rotatable bonds is 3. The van der Waals surface area contributed by atoms with E-state index in [1.807, 2.05) is 12.1 Å². The lowest BCUT2D eigenvalue weighted by molar-refractivity contribution is 0.243. The normalized spacial score (nSPS) is 19.5. The number of benzene rings is 1. The van der Waals surface area contributed by atoms with Crippen molar-refractivity contribution < 1.29 is 4.39 Å². The summed E-state index contributed by atoms with van der Waals surface area (Å²) in [4.78, 5) is 9.05. The van der Waals surface area contributed by atoms with Gasteiger partial charge in [-0.2, -0.15) is 0 Å². The van der Waals surface area contributed by atoms with E-state index in [9.17, 15) is 4.39 Å². The van der Waals surface area contributed by atoms with Crippen LogP contribution in [0.5, 0.6) is 0 Å². The number of anilines is 1. The summed E-state index contributed by atoms with van der Waals surface area (Å²) < 4.78 is 15.9. The second-order valence-electron chi connectivity index (χ2n) is 9.27. The van der Waals surface area contributed by atoms with Gasteiger partial charge in [-0.1, -0.05) is 11.6 Å². The molecule has 166 valence electrons. The highest BCUT2D eigenvalue weighted by Gasteiger charge is 2.35. The highest BCUT2D eigenvalue weighted by Crippen LogP contribution is 2.37. The Balaban J connectivity index is 1.29. The second kappa shape index (κ2) is 7.81. The quantitative estimate of drug-likeness (QED) is 0.580. The monoisotopic (exact) mass is 452 g/mol. The van der Waals surface area contributed by atoms with Gasteiger partial charge in [-0.15, -0.1) is 10.2 Å². The maximum Gasteiger partial charge on any atom is 0.151 e. The van der Waals surface area contributed by atoms with Crippen molar-refractivity contribution in [1.82, 2.24) is 24.6 Å². The summed E-state index contributed by atoms with van der Waals surface area (Å²) >= 11 is 6.36. The Morgan fingerprint density at radius 3 is 2.59 bits per heavy atom. The fraction of sp³-hybridized carbons (Fsp3) is 0.458. The lowest BCUT2D eigenvalue weighted by atomic mass is 9.95. The van der Waals surface area contributed by atoms with Crippen LogP contribution in [0.1, 0.15) is 54.4 Å². The highest BCUT2D eigenvalue weighted by atomic mass is 35.5. The molecule has 0 N–H and O–H groups in total. The van der Waals surface area contributed by atoms with Crippen molar-refractivity contribution in [3.05, 3.63) is 64.1 Å². The van der Waals surface area contributed by atoms with E-state index in [0.717, 1.165) is 67.2 Å². The van der Waals surface area contributed by atoms with Crippen LogP contribution < -0.4 is 4.90 Å². The first-order valence-corrected chi connectivity index (χ1v) is 11.8. The van der Waals surface area contributed by atoms with Crippen LogP contribution in [-0.2, 0) is 13.1 Å². The van der Waals surface area contributed by atoms with Gasteiger partial charge in [0.05, 0.1) is 18.4 Å².